The Hall–Kier alpha value is -5.44. The highest BCUT2D eigenvalue weighted by atomic mass is 32.2. The van der Waals surface area contributed by atoms with Gasteiger partial charge >= 0.3 is 12.1 Å². The molecule has 244 valence electrons. The van der Waals surface area contributed by atoms with E-state index in [0.717, 1.165) is 5.56 Å². The topological polar surface area (TPSA) is 186 Å². The van der Waals surface area contributed by atoms with Gasteiger partial charge in [0.15, 0.2) is 0 Å². The van der Waals surface area contributed by atoms with Gasteiger partial charge in [-0.15, -0.1) is 11.8 Å². The first-order chi connectivity index (χ1) is 22.5. The van der Waals surface area contributed by atoms with Crippen LogP contribution in [0.3, 0.4) is 0 Å². The molecule has 3 aromatic carbocycles. The van der Waals surface area contributed by atoms with E-state index in [4.69, 9.17) is 9.47 Å². The number of nitrogens with one attached hydrogen (secondary N) is 3. The third-order valence-corrected chi connectivity index (χ3v) is 9.41. The lowest BCUT2D eigenvalue weighted by Gasteiger charge is -2.52. The van der Waals surface area contributed by atoms with Gasteiger partial charge in [0.25, 0.3) is 11.6 Å². The van der Waals surface area contributed by atoms with Crippen LogP contribution >= 0.6 is 11.8 Å². The van der Waals surface area contributed by atoms with Crippen molar-refractivity contribution in [3.05, 3.63) is 112 Å². The van der Waals surface area contributed by atoms with Crippen LogP contribution in [0, 0.1) is 10.1 Å². The number of hydrogen-bond donors (Lipinski definition) is 3. The lowest BCUT2D eigenvalue weighted by atomic mass is 9.90. The first kappa shape index (κ1) is 32.9. The number of nitro benzene ring substituents is 1. The Kier molecular flexibility index (Phi) is 9.46. The van der Waals surface area contributed by atoms with Gasteiger partial charge in [0, 0.05) is 16.9 Å². The van der Waals surface area contributed by atoms with Crippen molar-refractivity contribution < 1.29 is 38.4 Å². The zero-order valence-electron chi connectivity index (χ0n) is 25.3. The Bertz CT molecular complexity index is 1670. The number of alkyl carbamates (subject to hydrolysis) is 1. The molecule has 3 N–H and O–H groups in total. The van der Waals surface area contributed by atoms with E-state index in [2.05, 4.69) is 16.0 Å². The maximum atomic E-state index is 13.8. The fraction of sp³-hybridized carbons (Fsp3) is 0.281. The second-order valence-corrected chi connectivity index (χ2v) is 13.1. The first-order valence-electron chi connectivity index (χ1n) is 14.4. The lowest BCUT2D eigenvalue weighted by Crippen LogP contribution is -2.85. The molecule has 1 unspecified atom stereocenters. The SMILES string of the molecule is CC1(C)S[C@H]2N(C(=O)[C@@]2(NC=O)NC(=O)C(NC(=O)OCc2ccc([N+](=O)[O-])cc2)c2ccccc2)[C@H]1C(=O)OCc1ccccc1. The van der Waals surface area contributed by atoms with Crippen LogP contribution in [0.5, 0.6) is 0 Å². The molecule has 3 aromatic rings. The standard InChI is InChI=1S/C32H31N5O9S/c1-31(2)25(27(40)45-17-20-9-5-3-6-10-20)36-28(41)32(33-19-38,29(36)47-31)35-26(39)24(22-11-7-4-8-12-22)34-30(42)46-18-21-13-15-23(16-14-21)37(43)44/h3-16,19,24-25,29H,17-18H2,1-2H3,(H,33,38)(H,34,42)(H,35,39)/t24?,25-,29+,32+/m0/s1. The molecule has 0 spiro atoms. The van der Waals surface area contributed by atoms with Crippen molar-refractivity contribution in [1.29, 1.82) is 0 Å². The predicted molar refractivity (Wildman–Crippen MR) is 168 cm³/mol. The normalized spacial score (nSPS) is 21.3. The summed E-state index contributed by atoms with van der Waals surface area (Å²) in [6, 6.07) is 20.3. The average Bonchev–Trinajstić information content (AvgIpc) is 3.34. The van der Waals surface area contributed by atoms with Crippen molar-refractivity contribution in [1.82, 2.24) is 20.9 Å². The highest BCUT2D eigenvalue weighted by Gasteiger charge is 2.73. The summed E-state index contributed by atoms with van der Waals surface area (Å²) in [6.07, 6.45) is -0.697. The van der Waals surface area contributed by atoms with Crippen molar-refractivity contribution in [2.45, 2.75) is 54.9 Å². The second kappa shape index (κ2) is 13.5. The number of amides is 4. The van der Waals surface area contributed by atoms with Gasteiger partial charge in [-0.3, -0.25) is 24.5 Å². The Morgan fingerprint density at radius 1 is 0.957 bits per heavy atom. The fourth-order valence-corrected chi connectivity index (χ4v) is 7.11. The van der Waals surface area contributed by atoms with Crippen LogP contribution in [0.4, 0.5) is 10.5 Å². The number of carbonyl (C=O) groups excluding carboxylic acids is 5. The molecule has 0 aliphatic carbocycles. The number of fused-ring (bicyclic) bond motifs is 1. The fourth-order valence-electron chi connectivity index (χ4n) is 5.46. The summed E-state index contributed by atoms with van der Waals surface area (Å²) >= 11 is 1.21. The van der Waals surface area contributed by atoms with E-state index in [1.54, 1.807) is 56.3 Å². The summed E-state index contributed by atoms with van der Waals surface area (Å²) in [7, 11) is 0. The van der Waals surface area contributed by atoms with Crippen LogP contribution in [0.15, 0.2) is 84.9 Å². The van der Waals surface area contributed by atoms with E-state index in [1.165, 1.54) is 40.9 Å². The molecule has 0 bridgehead atoms. The molecule has 4 amide bonds. The molecule has 2 fully saturated rings. The summed E-state index contributed by atoms with van der Waals surface area (Å²) in [5, 5.41) is 17.6. The van der Waals surface area contributed by atoms with Gasteiger partial charge in [0.2, 0.25) is 18.0 Å². The smallest absolute Gasteiger partial charge is 0.408 e. The van der Waals surface area contributed by atoms with Crippen LogP contribution < -0.4 is 16.0 Å². The van der Waals surface area contributed by atoms with Gasteiger partial charge < -0.3 is 30.3 Å². The molecule has 47 heavy (non-hydrogen) atoms. The molecule has 2 heterocycles. The number of benzene rings is 3. The van der Waals surface area contributed by atoms with Gasteiger partial charge in [0.1, 0.15) is 30.7 Å². The molecule has 2 aliphatic rings. The van der Waals surface area contributed by atoms with Crippen molar-refractivity contribution in [2.24, 2.45) is 0 Å². The van der Waals surface area contributed by atoms with Crippen molar-refractivity contribution in [3.63, 3.8) is 0 Å². The quantitative estimate of drug-likeness (QED) is 0.0651. The van der Waals surface area contributed by atoms with E-state index in [1.807, 2.05) is 18.2 Å². The molecule has 15 heteroatoms. The summed E-state index contributed by atoms with van der Waals surface area (Å²) < 4.78 is 9.96. The second-order valence-electron chi connectivity index (χ2n) is 11.3. The molecule has 0 radical (unpaired) electrons. The van der Waals surface area contributed by atoms with Crippen LogP contribution in [0.25, 0.3) is 0 Å². The minimum absolute atomic E-state index is 0.00278. The van der Waals surface area contributed by atoms with Gasteiger partial charge in [0.05, 0.1) is 4.92 Å². The number of hydrogen-bond acceptors (Lipinski definition) is 10. The van der Waals surface area contributed by atoms with Gasteiger partial charge in [-0.2, -0.15) is 0 Å². The molecule has 0 saturated carbocycles. The Balaban J connectivity index is 1.31. The Morgan fingerprint density at radius 2 is 1.55 bits per heavy atom. The van der Waals surface area contributed by atoms with Crippen molar-refractivity contribution in [3.8, 4) is 0 Å². The number of thioether (sulfide) groups is 1. The van der Waals surface area contributed by atoms with Crippen molar-refractivity contribution >= 4 is 47.7 Å². The minimum Gasteiger partial charge on any atom is -0.459 e. The number of ether oxygens (including phenoxy) is 2. The molecule has 2 aliphatic heterocycles. The van der Waals surface area contributed by atoms with E-state index in [-0.39, 0.29) is 25.3 Å². The van der Waals surface area contributed by atoms with Crippen LogP contribution in [0.1, 0.15) is 36.6 Å². The Morgan fingerprint density at radius 3 is 2.17 bits per heavy atom. The van der Waals surface area contributed by atoms with E-state index in [9.17, 15) is 34.1 Å². The number of non-ortho nitro benzene ring substituents is 1. The number of nitro groups is 1. The summed E-state index contributed by atoms with van der Waals surface area (Å²) in [5.74, 6) is -2.19. The molecular weight excluding hydrogens is 630 g/mol. The summed E-state index contributed by atoms with van der Waals surface area (Å²) in [6.45, 7) is 3.29. The summed E-state index contributed by atoms with van der Waals surface area (Å²) in [4.78, 5) is 77.2. The monoisotopic (exact) mass is 661 g/mol. The minimum atomic E-state index is -1.92. The Labute approximate surface area is 273 Å². The maximum absolute atomic E-state index is 13.8. The van der Waals surface area contributed by atoms with Crippen LogP contribution in [-0.4, -0.2) is 61.9 Å². The molecular formula is C32H31N5O9S. The zero-order chi connectivity index (χ0) is 33.8. The number of esters is 1. The first-order valence-corrected chi connectivity index (χ1v) is 15.3. The molecule has 5 rings (SSSR count). The molecule has 2 saturated heterocycles. The number of rotatable bonds is 12. The van der Waals surface area contributed by atoms with E-state index < -0.39 is 56.7 Å². The number of nitrogens with zero attached hydrogens (tertiary/aromatic N) is 2. The summed E-state index contributed by atoms with van der Waals surface area (Å²) in [5.41, 5.74) is -0.458. The van der Waals surface area contributed by atoms with Crippen LogP contribution in [-0.2, 0) is 41.9 Å². The van der Waals surface area contributed by atoms with E-state index >= 15 is 0 Å². The molecule has 0 aromatic heterocycles. The zero-order valence-corrected chi connectivity index (χ0v) is 26.1. The largest absolute Gasteiger partial charge is 0.459 e. The number of carbonyl (C=O) groups is 5. The molecule has 4 atom stereocenters. The highest BCUT2D eigenvalue weighted by Crippen LogP contribution is 2.54. The van der Waals surface area contributed by atoms with Gasteiger partial charge in [-0.05, 0) is 42.7 Å². The van der Waals surface area contributed by atoms with Crippen LogP contribution in [0.2, 0.25) is 0 Å². The van der Waals surface area contributed by atoms with E-state index in [0.29, 0.717) is 11.1 Å². The van der Waals surface area contributed by atoms with Gasteiger partial charge in [-0.25, -0.2) is 9.59 Å². The van der Waals surface area contributed by atoms with Crippen molar-refractivity contribution in [2.75, 3.05) is 0 Å². The molecule has 14 nitrogen and oxygen atoms in total. The van der Waals surface area contributed by atoms with Gasteiger partial charge in [-0.1, -0.05) is 60.7 Å². The lowest BCUT2D eigenvalue weighted by molar-refractivity contribution is -0.384. The third-order valence-electron chi connectivity index (χ3n) is 7.78. The predicted octanol–water partition coefficient (Wildman–Crippen LogP) is 2.93. The maximum Gasteiger partial charge on any atom is 0.408 e. The average molecular weight is 662 g/mol. The third kappa shape index (κ3) is 6.74. The highest BCUT2D eigenvalue weighted by molar-refractivity contribution is 8.01. The number of β-lactam (4-membered cyclic amide) rings is 1.